The van der Waals surface area contributed by atoms with Crippen LogP contribution in [-0.4, -0.2) is 53.2 Å². The molecule has 0 aromatic heterocycles. The van der Waals surface area contributed by atoms with Crippen LogP contribution in [0.1, 0.15) is 27.0 Å². The fourth-order valence-corrected chi connectivity index (χ4v) is 4.28. The van der Waals surface area contributed by atoms with Gasteiger partial charge in [-0.3, -0.25) is 9.69 Å². The van der Waals surface area contributed by atoms with E-state index in [2.05, 4.69) is 0 Å². The number of carbonyl (C=O) groups excluding carboxylic acids is 2. The summed E-state index contributed by atoms with van der Waals surface area (Å²) in [5.74, 6) is -2.75. The molecule has 0 spiro atoms. The number of ether oxygens (including phenoxy) is 1. The van der Waals surface area contributed by atoms with Gasteiger partial charge in [0.25, 0.3) is 5.91 Å². The van der Waals surface area contributed by atoms with Gasteiger partial charge in [0.05, 0.1) is 6.04 Å². The summed E-state index contributed by atoms with van der Waals surface area (Å²) < 4.78 is 57.3. The highest BCUT2D eigenvalue weighted by molar-refractivity contribution is 5.98. The van der Waals surface area contributed by atoms with Crippen LogP contribution in [0.5, 0.6) is 0 Å². The first kappa shape index (κ1) is 21.3. The zero-order valence-corrected chi connectivity index (χ0v) is 16.4. The van der Waals surface area contributed by atoms with Gasteiger partial charge in [-0.05, 0) is 23.1 Å². The number of esters is 1. The molecule has 0 aliphatic carbocycles. The number of hydrogen-bond donors (Lipinski definition) is 0. The standard InChI is InChI=1S/C22H20F4N2O3/c23-12-16-8-4-7-15-11-17-20(31-21(30)22(24,25)26)27(13-14-5-2-1-3-6-14)9-10-28(17)19(29)18(15)16/h1-8,17,20H,9-13H2. The summed E-state index contributed by atoms with van der Waals surface area (Å²) >= 11 is 0. The Morgan fingerprint density at radius 2 is 1.81 bits per heavy atom. The van der Waals surface area contributed by atoms with Crippen LogP contribution in [0.25, 0.3) is 0 Å². The predicted molar refractivity (Wildman–Crippen MR) is 103 cm³/mol. The third-order valence-electron chi connectivity index (χ3n) is 5.69. The van der Waals surface area contributed by atoms with Crippen LogP contribution in [0, 0.1) is 0 Å². The van der Waals surface area contributed by atoms with Gasteiger partial charge in [0, 0.05) is 25.2 Å². The summed E-state index contributed by atoms with van der Waals surface area (Å²) in [4.78, 5) is 27.8. The van der Waals surface area contributed by atoms with Crippen LogP contribution in [0.3, 0.4) is 0 Å². The highest BCUT2D eigenvalue weighted by Crippen LogP contribution is 2.33. The van der Waals surface area contributed by atoms with E-state index in [-0.39, 0.29) is 37.2 Å². The van der Waals surface area contributed by atoms with Gasteiger partial charge in [-0.1, -0.05) is 48.5 Å². The van der Waals surface area contributed by atoms with Crippen molar-refractivity contribution in [3.8, 4) is 0 Å². The normalized spacial score (nSPS) is 21.4. The Balaban J connectivity index is 1.69. The Morgan fingerprint density at radius 3 is 2.48 bits per heavy atom. The zero-order chi connectivity index (χ0) is 22.2. The van der Waals surface area contributed by atoms with Gasteiger partial charge < -0.3 is 9.64 Å². The molecule has 0 N–H and O–H groups in total. The van der Waals surface area contributed by atoms with E-state index in [0.717, 1.165) is 5.56 Å². The van der Waals surface area contributed by atoms with Crippen LogP contribution in [0.15, 0.2) is 48.5 Å². The molecule has 2 aliphatic heterocycles. The Kier molecular flexibility index (Phi) is 5.70. The molecule has 2 aromatic carbocycles. The molecule has 5 nitrogen and oxygen atoms in total. The van der Waals surface area contributed by atoms with Crippen LogP contribution in [0.4, 0.5) is 17.6 Å². The number of amides is 1. The summed E-state index contributed by atoms with van der Waals surface area (Å²) in [6.45, 7) is -0.122. The van der Waals surface area contributed by atoms with Gasteiger partial charge in [-0.15, -0.1) is 0 Å². The number of rotatable bonds is 4. The zero-order valence-electron chi connectivity index (χ0n) is 16.4. The second-order valence-corrected chi connectivity index (χ2v) is 7.60. The second-order valence-electron chi connectivity index (χ2n) is 7.60. The lowest BCUT2D eigenvalue weighted by Gasteiger charge is -2.49. The number of hydrogen-bond acceptors (Lipinski definition) is 4. The van der Waals surface area contributed by atoms with Crippen molar-refractivity contribution in [3.05, 3.63) is 70.8 Å². The third-order valence-corrected chi connectivity index (χ3v) is 5.69. The minimum atomic E-state index is -5.15. The number of halogens is 4. The molecule has 164 valence electrons. The smallest absolute Gasteiger partial charge is 0.437 e. The van der Waals surface area contributed by atoms with Gasteiger partial charge in [0.2, 0.25) is 0 Å². The molecule has 1 amide bonds. The van der Waals surface area contributed by atoms with Gasteiger partial charge in [0.15, 0.2) is 6.23 Å². The summed E-state index contributed by atoms with van der Waals surface area (Å²) in [7, 11) is 0. The SMILES string of the molecule is O=C1c2c(CF)cccc2CC2C(OC(=O)C(F)(F)F)N(Cc3ccccc3)CCN12. The van der Waals surface area contributed by atoms with E-state index in [1.54, 1.807) is 29.2 Å². The van der Waals surface area contributed by atoms with E-state index >= 15 is 0 Å². The molecule has 2 atom stereocenters. The molecule has 31 heavy (non-hydrogen) atoms. The first-order valence-electron chi connectivity index (χ1n) is 9.83. The number of alkyl halides is 4. The van der Waals surface area contributed by atoms with Gasteiger partial charge in [-0.25, -0.2) is 9.18 Å². The molecule has 2 aromatic rings. The molecule has 0 saturated carbocycles. The second kappa shape index (κ2) is 8.30. The van der Waals surface area contributed by atoms with Crippen molar-refractivity contribution in [3.63, 3.8) is 0 Å². The van der Waals surface area contributed by atoms with Crippen LogP contribution >= 0.6 is 0 Å². The highest BCUT2D eigenvalue weighted by Gasteiger charge is 2.49. The van der Waals surface area contributed by atoms with E-state index in [1.807, 2.05) is 18.2 Å². The van der Waals surface area contributed by atoms with Gasteiger partial charge >= 0.3 is 12.1 Å². The maximum absolute atomic E-state index is 13.4. The van der Waals surface area contributed by atoms with E-state index in [1.165, 1.54) is 11.0 Å². The molecular weight excluding hydrogens is 416 g/mol. The lowest BCUT2D eigenvalue weighted by molar-refractivity contribution is -0.221. The topological polar surface area (TPSA) is 49.9 Å². The molecule has 1 fully saturated rings. The number of benzene rings is 2. The number of carbonyl (C=O) groups is 2. The van der Waals surface area contributed by atoms with Crippen LogP contribution in [-0.2, 0) is 29.2 Å². The molecule has 4 rings (SSSR count). The average molecular weight is 436 g/mol. The molecule has 1 saturated heterocycles. The first-order valence-corrected chi connectivity index (χ1v) is 9.83. The first-order chi connectivity index (χ1) is 14.8. The van der Waals surface area contributed by atoms with Crippen molar-refractivity contribution in [2.75, 3.05) is 13.1 Å². The molecule has 0 bridgehead atoms. The van der Waals surface area contributed by atoms with Crippen molar-refractivity contribution in [1.82, 2.24) is 9.80 Å². The van der Waals surface area contributed by atoms with E-state index in [4.69, 9.17) is 4.74 Å². The summed E-state index contributed by atoms with van der Waals surface area (Å²) in [5, 5.41) is 0. The third kappa shape index (κ3) is 4.14. The van der Waals surface area contributed by atoms with Crippen molar-refractivity contribution in [2.45, 2.75) is 38.1 Å². The van der Waals surface area contributed by atoms with Crippen molar-refractivity contribution in [1.29, 1.82) is 0 Å². The predicted octanol–water partition coefficient (Wildman–Crippen LogP) is 3.47. The highest BCUT2D eigenvalue weighted by atomic mass is 19.4. The summed E-state index contributed by atoms with van der Waals surface area (Å²) in [5.41, 5.74) is 1.87. The van der Waals surface area contributed by atoms with Crippen molar-refractivity contribution in [2.24, 2.45) is 0 Å². The molecule has 2 aliphatic rings. The maximum Gasteiger partial charge on any atom is 0.490 e. The quantitative estimate of drug-likeness (QED) is 0.544. The largest absolute Gasteiger partial charge is 0.490 e. The summed E-state index contributed by atoms with van der Waals surface area (Å²) in [6, 6.07) is 13.1. The number of piperazine rings is 1. The monoisotopic (exact) mass is 436 g/mol. The maximum atomic E-state index is 13.4. The average Bonchev–Trinajstić information content (AvgIpc) is 2.75. The van der Waals surface area contributed by atoms with Crippen molar-refractivity contribution >= 4 is 11.9 Å². The Bertz CT molecular complexity index is 980. The lowest BCUT2D eigenvalue weighted by atomic mass is 9.88. The fraction of sp³-hybridized carbons (Fsp3) is 0.364. The van der Waals surface area contributed by atoms with E-state index < -0.39 is 37.0 Å². The Hall–Kier alpha value is -2.94. The minimum Gasteiger partial charge on any atom is -0.437 e. The molecule has 0 radical (unpaired) electrons. The van der Waals surface area contributed by atoms with E-state index in [9.17, 15) is 27.2 Å². The van der Waals surface area contributed by atoms with Gasteiger partial charge in [-0.2, -0.15) is 13.2 Å². The van der Waals surface area contributed by atoms with E-state index in [0.29, 0.717) is 5.56 Å². The number of fused-ring (bicyclic) bond motifs is 2. The Labute approximate surface area is 176 Å². The Morgan fingerprint density at radius 1 is 1.06 bits per heavy atom. The minimum absolute atomic E-state index is 0.163. The number of nitrogens with zero attached hydrogens (tertiary/aromatic N) is 2. The lowest BCUT2D eigenvalue weighted by Crippen LogP contribution is -2.64. The molecular formula is C22H20F4N2O3. The summed E-state index contributed by atoms with van der Waals surface area (Å²) in [6.07, 6.45) is -6.27. The molecule has 2 heterocycles. The van der Waals surface area contributed by atoms with Crippen molar-refractivity contribution < 1.29 is 31.9 Å². The molecule has 2 unspecified atom stereocenters. The van der Waals surface area contributed by atoms with Gasteiger partial charge in [0.1, 0.15) is 6.67 Å². The van der Waals surface area contributed by atoms with Crippen LogP contribution in [0.2, 0.25) is 0 Å². The van der Waals surface area contributed by atoms with Crippen LogP contribution < -0.4 is 0 Å². The fourth-order valence-electron chi connectivity index (χ4n) is 4.28. The molecule has 9 heteroatoms.